The Morgan fingerprint density at radius 1 is 0.920 bits per heavy atom. The number of nitrogen functional groups attached to an aromatic ring is 1. The number of hydrogen-bond acceptors (Lipinski definition) is 6. The second-order valence-electron chi connectivity index (χ2n) is 5.17. The molecule has 1 aromatic heterocycles. The summed E-state index contributed by atoms with van der Waals surface area (Å²) < 4.78 is 5.16. The van der Waals surface area contributed by atoms with E-state index in [1.54, 1.807) is 12.1 Å². The predicted octanol–water partition coefficient (Wildman–Crippen LogP) is 3.11. The Balaban J connectivity index is 2.53. The van der Waals surface area contributed by atoms with Crippen LogP contribution in [0.2, 0.25) is 0 Å². The maximum absolute atomic E-state index is 9.60. The van der Waals surface area contributed by atoms with Gasteiger partial charge in [-0.3, -0.25) is 0 Å². The quantitative estimate of drug-likeness (QED) is 0.773. The SMILES string of the molecule is COc1nc(N)c(C#N)c(-c2ccc(C#N)c3ccccc23)c1C#N. The Bertz CT molecular complexity index is 1130. The number of nitriles is 3. The Morgan fingerprint density at radius 2 is 1.60 bits per heavy atom. The van der Waals surface area contributed by atoms with Crippen LogP contribution in [0.25, 0.3) is 21.9 Å². The molecule has 0 bridgehead atoms. The zero-order chi connectivity index (χ0) is 18.0. The van der Waals surface area contributed by atoms with Crippen LogP contribution in [0, 0.1) is 34.0 Å². The number of nitrogens with zero attached hydrogens (tertiary/aromatic N) is 4. The predicted molar refractivity (Wildman–Crippen MR) is 92.3 cm³/mol. The third kappa shape index (κ3) is 2.37. The van der Waals surface area contributed by atoms with E-state index in [0.29, 0.717) is 16.7 Å². The smallest absolute Gasteiger partial charge is 0.234 e. The molecule has 6 heteroatoms. The number of hydrogen-bond donors (Lipinski definition) is 1. The van der Waals surface area contributed by atoms with Crippen LogP contribution >= 0.6 is 0 Å². The van der Waals surface area contributed by atoms with Gasteiger partial charge in [-0.05, 0) is 17.0 Å². The van der Waals surface area contributed by atoms with E-state index in [2.05, 4.69) is 11.1 Å². The number of aromatic nitrogens is 1. The van der Waals surface area contributed by atoms with Gasteiger partial charge in [0.25, 0.3) is 0 Å². The van der Waals surface area contributed by atoms with Crippen molar-refractivity contribution >= 4 is 16.6 Å². The molecule has 25 heavy (non-hydrogen) atoms. The first-order valence-electron chi connectivity index (χ1n) is 7.26. The molecule has 6 nitrogen and oxygen atoms in total. The lowest BCUT2D eigenvalue weighted by Crippen LogP contribution is -2.04. The molecule has 0 aliphatic rings. The fourth-order valence-corrected chi connectivity index (χ4v) is 2.83. The number of anilines is 1. The summed E-state index contributed by atoms with van der Waals surface area (Å²) in [7, 11) is 1.38. The van der Waals surface area contributed by atoms with Crippen molar-refractivity contribution in [3.63, 3.8) is 0 Å². The minimum atomic E-state index is -0.0122. The van der Waals surface area contributed by atoms with Crippen LogP contribution in [-0.4, -0.2) is 12.1 Å². The van der Waals surface area contributed by atoms with Crippen LogP contribution in [0.5, 0.6) is 5.88 Å². The maximum Gasteiger partial charge on any atom is 0.234 e. The molecule has 0 radical (unpaired) electrons. The van der Waals surface area contributed by atoms with Crippen LogP contribution in [0.3, 0.4) is 0 Å². The topological polar surface area (TPSA) is 120 Å². The number of nitrogens with two attached hydrogens (primary N) is 1. The first-order chi connectivity index (χ1) is 12.2. The monoisotopic (exact) mass is 325 g/mol. The highest BCUT2D eigenvalue weighted by molar-refractivity contribution is 6.02. The van der Waals surface area contributed by atoms with Gasteiger partial charge in [-0.15, -0.1) is 0 Å². The highest BCUT2D eigenvalue weighted by Gasteiger charge is 2.22. The highest BCUT2D eigenvalue weighted by Crippen LogP contribution is 2.39. The van der Waals surface area contributed by atoms with E-state index in [0.717, 1.165) is 10.8 Å². The first-order valence-corrected chi connectivity index (χ1v) is 7.26. The van der Waals surface area contributed by atoms with Crippen LogP contribution in [0.4, 0.5) is 5.82 Å². The standard InChI is InChI=1S/C19H11N5O/c1-25-19-16(10-22)17(15(9-21)18(23)24-19)14-7-6-11(8-20)12-4-2-3-5-13(12)14/h2-7H,1H3,(H2,23,24). The molecule has 2 N–H and O–H groups in total. The minimum Gasteiger partial charge on any atom is -0.480 e. The van der Waals surface area contributed by atoms with Gasteiger partial charge in [-0.1, -0.05) is 30.3 Å². The molecule has 0 spiro atoms. The van der Waals surface area contributed by atoms with Gasteiger partial charge in [-0.2, -0.15) is 20.8 Å². The van der Waals surface area contributed by atoms with Gasteiger partial charge < -0.3 is 10.5 Å². The Labute approximate surface area is 143 Å². The van der Waals surface area contributed by atoms with E-state index in [1.807, 2.05) is 36.4 Å². The van der Waals surface area contributed by atoms with Crippen molar-refractivity contribution < 1.29 is 4.74 Å². The zero-order valence-electron chi connectivity index (χ0n) is 13.2. The van der Waals surface area contributed by atoms with Crippen molar-refractivity contribution in [2.24, 2.45) is 0 Å². The fraction of sp³-hybridized carbons (Fsp3) is 0.0526. The molecule has 118 valence electrons. The molecule has 3 rings (SSSR count). The molecule has 0 amide bonds. The van der Waals surface area contributed by atoms with E-state index < -0.39 is 0 Å². The average Bonchev–Trinajstić information content (AvgIpc) is 2.66. The molecule has 3 aromatic rings. The van der Waals surface area contributed by atoms with E-state index in [-0.39, 0.29) is 22.8 Å². The molecule has 1 heterocycles. The van der Waals surface area contributed by atoms with Crippen LogP contribution in [0.1, 0.15) is 16.7 Å². The van der Waals surface area contributed by atoms with Crippen LogP contribution in [-0.2, 0) is 0 Å². The third-order valence-electron chi connectivity index (χ3n) is 3.92. The number of ether oxygens (including phenoxy) is 1. The van der Waals surface area contributed by atoms with Gasteiger partial charge in [0, 0.05) is 10.9 Å². The molecule has 0 saturated carbocycles. The summed E-state index contributed by atoms with van der Waals surface area (Å²) in [6.07, 6.45) is 0. The van der Waals surface area contributed by atoms with Gasteiger partial charge in [0.15, 0.2) is 0 Å². The van der Waals surface area contributed by atoms with E-state index in [4.69, 9.17) is 10.5 Å². The van der Waals surface area contributed by atoms with Crippen molar-refractivity contribution in [1.29, 1.82) is 15.8 Å². The second kappa shape index (κ2) is 6.20. The Kier molecular flexibility index (Phi) is 3.92. The van der Waals surface area contributed by atoms with Crippen molar-refractivity contribution in [3.8, 4) is 35.2 Å². The summed E-state index contributed by atoms with van der Waals surface area (Å²) in [6, 6.07) is 16.9. The average molecular weight is 325 g/mol. The largest absolute Gasteiger partial charge is 0.480 e. The zero-order valence-corrected chi connectivity index (χ0v) is 13.2. The van der Waals surface area contributed by atoms with Gasteiger partial charge in [0.1, 0.15) is 29.1 Å². The molecular weight excluding hydrogens is 314 g/mol. The molecular formula is C19H11N5O. The van der Waals surface area contributed by atoms with Crippen molar-refractivity contribution in [3.05, 3.63) is 53.1 Å². The molecule has 0 fully saturated rings. The number of fused-ring (bicyclic) bond motifs is 1. The third-order valence-corrected chi connectivity index (χ3v) is 3.92. The molecule has 0 unspecified atom stereocenters. The molecule has 2 aromatic carbocycles. The van der Waals surface area contributed by atoms with Crippen LogP contribution < -0.4 is 10.5 Å². The van der Waals surface area contributed by atoms with Gasteiger partial charge in [0.05, 0.1) is 18.7 Å². The van der Waals surface area contributed by atoms with Gasteiger partial charge >= 0.3 is 0 Å². The summed E-state index contributed by atoms with van der Waals surface area (Å²) >= 11 is 0. The van der Waals surface area contributed by atoms with E-state index in [9.17, 15) is 15.8 Å². The molecule has 0 aliphatic carbocycles. The lowest BCUT2D eigenvalue weighted by Gasteiger charge is -2.14. The lowest BCUT2D eigenvalue weighted by molar-refractivity contribution is 0.397. The van der Waals surface area contributed by atoms with E-state index in [1.165, 1.54) is 7.11 Å². The molecule has 0 saturated heterocycles. The number of rotatable bonds is 2. The summed E-state index contributed by atoms with van der Waals surface area (Å²) in [4.78, 5) is 3.99. The summed E-state index contributed by atoms with van der Waals surface area (Å²) in [5.74, 6) is 0.0456. The number of pyridine rings is 1. The number of methoxy groups -OCH3 is 1. The highest BCUT2D eigenvalue weighted by atomic mass is 16.5. The molecule has 0 atom stereocenters. The summed E-state index contributed by atoms with van der Waals surface area (Å²) in [6.45, 7) is 0. The van der Waals surface area contributed by atoms with Crippen LogP contribution in [0.15, 0.2) is 36.4 Å². The van der Waals surface area contributed by atoms with Crippen molar-refractivity contribution in [1.82, 2.24) is 4.98 Å². The normalized spacial score (nSPS) is 9.84. The lowest BCUT2D eigenvalue weighted by atomic mass is 9.90. The van der Waals surface area contributed by atoms with Crippen molar-refractivity contribution in [2.45, 2.75) is 0 Å². The van der Waals surface area contributed by atoms with E-state index >= 15 is 0 Å². The Hall–Kier alpha value is -4.08. The summed E-state index contributed by atoms with van der Waals surface area (Å²) in [5, 5.41) is 29.9. The fourth-order valence-electron chi connectivity index (χ4n) is 2.83. The van der Waals surface area contributed by atoms with Gasteiger partial charge in [-0.25, -0.2) is 0 Å². The summed E-state index contributed by atoms with van der Waals surface area (Å²) in [5.41, 5.74) is 7.61. The Morgan fingerprint density at radius 3 is 2.20 bits per heavy atom. The number of benzene rings is 2. The first kappa shape index (κ1) is 15.8. The van der Waals surface area contributed by atoms with Gasteiger partial charge in [0.2, 0.25) is 5.88 Å². The minimum absolute atomic E-state index is 0.0122. The second-order valence-corrected chi connectivity index (χ2v) is 5.17. The van der Waals surface area contributed by atoms with Crippen molar-refractivity contribution in [2.75, 3.05) is 12.8 Å². The molecule has 0 aliphatic heterocycles. The maximum atomic E-state index is 9.60.